The van der Waals surface area contributed by atoms with Gasteiger partial charge in [-0.2, -0.15) is 0 Å². The summed E-state index contributed by atoms with van der Waals surface area (Å²) in [4.78, 5) is 52.3. The summed E-state index contributed by atoms with van der Waals surface area (Å²) in [7, 11) is 0. The zero-order valence-electron chi connectivity index (χ0n) is 27.2. The Kier molecular flexibility index (Phi) is 12.0. The zero-order valence-corrected chi connectivity index (χ0v) is 27.2. The lowest BCUT2D eigenvalue weighted by molar-refractivity contribution is -0.137. The van der Waals surface area contributed by atoms with Crippen molar-refractivity contribution in [1.29, 1.82) is 0 Å². The second kappa shape index (κ2) is 14.8. The lowest BCUT2D eigenvalue weighted by Crippen LogP contribution is -2.66. The smallest absolute Gasteiger partial charge is 0.246 e. The second-order valence-corrected chi connectivity index (χ2v) is 13.2. The van der Waals surface area contributed by atoms with Crippen molar-refractivity contribution < 1.29 is 14.4 Å². The average molecular weight is 585 g/mol. The Balaban J connectivity index is 1.89. The van der Waals surface area contributed by atoms with Gasteiger partial charge in [0.1, 0.15) is 0 Å². The van der Waals surface area contributed by atoms with Crippen LogP contribution in [-0.2, 0) is 14.4 Å². The van der Waals surface area contributed by atoms with Gasteiger partial charge in [0.15, 0.2) is 0 Å². The second-order valence-electron chi connectivity index (χ2n) is 13.2. The molecule has 42 heavy (non-hydrogen) atoms. The molecule has 3 aliphatic rings. The number of carbonyl (C=O) groups excluding carboxylic acids is 3. The fraction of sp³-hybridized carbons (Fsp3) is 0.727. The van der Waals surface area contributed by atoms with Crippen molar-refractivity contribution in [2.24, 2.45) is 0 Å². The zero-order chi connectivity index (χ0) is 31.3. The maximum absolute atomic E-state index is 13.4. The number of hydrogen-bond acceptors (Lipinski definition) is 6. The molecule has 3 rings (SSSR count). The Morgan fingerprint density at radius 3 is 1.76 bits per heavy atom. The highest BCUT2D eigenvalue weighted by Crippen LogP contribution is 2.30. The van der Waals surface area contributed by atoms with Gasteiger partial charge >= 0.3 is 0 Å². The van der Waals surface area contributed by atoms with E-state index in [1.165, 1.54) is 18.2 Å². The maximum Gasteiger partial charge on any atom is 0.246 e. The summed E-state index contributed by atoms with van der Waals surface area (Å²) in [5.41, 5.74) is 0. The summed E-state index contributed by atoms with van der Waals surface area (Å²) in [6.07, 6.45) is 5.81. The first-order chi connectivity index (χ1) is 19.8. The van der Waals surface area contributed by atoms with Gasteiger partial charge in [-0.1, -0.05) is 19.7 Å². The normalized spacial score (nSPS) is 28.4. The SMILES string of the molecule is C=CC(=O)N1CC(C[C@@H]2CN(C(=O)C=C)C(C[C@@H]3CN(C(C)C)CCN3C(=O)C=C)CN2C(C)C)N(C(C)C)[C@@H](C)C1. The molecule has 0 aromatic heterocycles. The minimum Gasteiger partial charge on any atom is -0.336 e. The van der Waals surface area contributed by atoms with Crippen LogP contribution in [0, 0.1) is 0 Å². The van der Waals surface area contributed by atoms with E-state index in [0.29, 0.717) is 44.7 Å². The molecule has 0 bridgehead atoms. The van der Waals surface area contributed by atoms with Gasteiger partial charge in [-0.3, -0.25) is 29.1 Å². The molecule has 9 heteroatoms. The van der Waals surface area contributed by atoms with Gasteiger partial charge in [-0.25, -0.2) is 0 Å². The van der Waals surface area contributed by atoms with Crippen LogP contribution in [0.15, 0.2) is 38.0 Å². The summed E-state index contributed by atoms with van der Waals surface area (Å²) in [6.45, 7) is 31.7. The first-order valence-electron chi connectivity index (χ1n) is 15.9. The van der Waals surface area contributed by atoms with Crippen LogP contribution < -0.4 is 0 Å². The van der Waals surface area contributed by atoms with Gasteiger partial charge in [0.05, 0.1) is 0 Å². The van der Waals surface area contributed by atoms with Gasteiger partial charge < -0.3 is 14.7 Å². The minimum atomic E-state index is -0.0623. The molecule has 9 nitrogen and oxygen atoms in total. The highest BCUT2D eigenvalue weighted by atomic mass is 16.2. The van der Waals surface area contributed by atoms with E-state index in [-0.39, 0.29) is 54.0 Å². The molecule has 0 aliphatic carbocycles. The van der Waals surface area contributed by atoms with Gasteiger partial charge in [0.25, 0.3) is 0 Å². The first kappa shape index (κ1) is 34.0. The molecule has 0 saturated carbocycles. The van der Waals surface area contributed by atoms with Crippen molar-refractivity contribution in [2.75, 3.05) is 45.8 Å². The molecule has 3 aliphatic heterocycles. The van der Waals surface area contributed by atoms with Crippen LogP contribution in [0.25, 0.3) is 0 Å². The van der Waals surface area contributed by atoms with E-state index >= 15 is 0 Å². The highest BCUT2D eigenvalue weighted by molar-refractivity contribution is 5.88. The molecule has 3 saturated heterocycles. The number of nitrogens with zero attached hydrogens (tertiary/aromatic N) is 6. The molecule has 3 fully saturated rings. The molecule has 3 amide bonds. The molecular weight excluding hydrogens is 528 g/mol. The quantitative estimate of drug-likeness (QED) is 0.368. The summed E-state index contributed by atoms with van der Waals surface area (Å²) in [5, 5.41) is 0. The highest BCUT2D eigenvalue weighted by Gasteiger charge is 2.43. The van der Waals surface area contributed by atoms with Crippen LogP contribution in [-0.4, -0.2) is 141 Å². The predicted octanol–water partition coefficient (Wildman–Crippen LogP) is 2.85. The molecule has 0 spiro atoms. The van der Waals surface area contributed by atoms with E-state index in [2.05, 4.69) is 82.9 Å². The predicted molar refractivity (Wildman–Crippen MR) is 170 cm³/mol. The Morgan fingerprint density at radius 1 is 0.643 bits per heavy atom. The summed E-state index contributed by atoms with van der Waals surface area (Å²) < 4.78 is 0. The molecule has 0 aromatic rings. The third-order valence-electron chi connectivity index (χ3n) is 9.58. The lowest BCUT2D eigenvalue weighted by atomic mass is 9.91. The van der Waals surface area contributed by atoms with Crippen molar-refractivity contribution in [3.63, 3.8) is 0 Å². The van der Waals surface area contributed by atoms with E-state index in [4.69, 9.17) is 0 Å². The number of rotatable bonds is 10. The van der Waals surface area contributed by atoms with E-state index in [0.717, 1.165) is 26.1 Å². The first-order valence-corrected chi connectivity index (χ1v) is 15.9. The van der Waals surface area contributed by atoms with Gasteiger partial charge in [-0.15, -0.1) is 0 Å². The fourth-order valence-electron chi connectivity index (χ4n) is 7.62. The van der Waals surface area contributed by atoms with Crippen LogP contribution in [0.3, 0.4) is 0 Å². The van der Waals surface area contributed by atoms with Crippen molar-refractivity contribution in [1.82, 2.24) is 29.4 Å². The van der Waals surface area contributed by atoms with E-state index in [1.807, 2.05) is 14.7 Å². The van der Waals surface area contributed by atoms with Crippen molar-refractivity contribution in [3.05, 3.63) is 38.0 Å². The monoisotopic (exact) mass is 584 g/mol. The van der Waals surface area contributed by atoms with Gasteiger partial charge in [-0.05, 0) is 79.5 Å². The fourth-order valence-corrected chi connectivity index (χ4v) is 7.62. The van der Waals surface area contributed by atoms with Crippen molar-refractivity contribution in [2.45, 2.75) is 110 Å². The lowest BCUT2D eigenvalue weighted by Gasteiger charge is -2.53. The van der Waals surface area contributed by atoms with E-state index in [1.54, 1.807) is 0 Å². The number of piperazine rings is 3. The maximum atomic E-state index is 13.4. The Hall–Kier alpha value is -2.49. The topological polar surface area (TPSA) is 70.7 Å². The summed E-state index contributed by atoms with van der Waals surface area (Å²) >= 11 is 0. The standard InChI is InChI=1S/C33H56N6O3/c1-11-31(40)35-18-26(10)39(25(8)9)30(20-35)17-28-22-38(33(42)13-3)29(21-37(28)24(6)7)16-27-19-34(23(4)5)14-15-36(27)32(41)12-2/h11-13,23-30H,1-3,14-22H2,4-10H3/t26-,27+,28+,29?,30?/m0/s1. The molecular formula is C33H56N6O3. The Labute approximate surface area is 254 Å². The largest absolute Gasteiger partial charge is 0.336 e. The summed E-state index contributed by atoms with van der Waals surface area (Å²) in [6, 6.07) is 1.48. The molecule has 0 N–H and O–H groups in total. The van der Waals surface area contributed by atoms with Crippen LogP contribution in [0.1, 0.15) is 61.3 Å². The third-order valence-corrected chi connectivity index (χ3v) is 9.58. The van der Waals surface area contributed by atoms with E-state index in [9.17, 15) is 14.4 Å². The molecule has 3 heterocycles. The minimum absolute atomic E-state index is 0.00331. The molecule has 236 valence electrons. The van der Waals surface area contributed by atoms with Crippen molar-refractivity contribution in [3.8, 4) is 0 Å². The molecule has 0 radical (unpaired) electrons. The van der Waals surface area contributed by atoms with Crippen LogP contribution >= 0.6 is 0 Å². The number of carbonyl (C=O) groups is 3. The Morgan fingerprint density at radius 2 is 1.21 bits per heavy atom. The van der Waals surface area contributed by atoms with Gasteiger partial charge in [0.2, 0.25) is 17.7 Å². The molecule has 5 atom stereocenters. The number of amides is 3. The van der Waals surface area contributed by atoms with Crippen LogP contribution in [0.2, 0.25) is 0 Å². The van der Waals surface area contributed by atoms with Crippen LogP contribution in [0.4, 0.5) is 0 Å². The molecule has 0 aromatic carbocycles. The Bertz CT molecular complexity index is 996. The summed E-state index contributed by atoms with van der Waals surface area (Å²) in [5.74, 6) is -0.129. The molecule has 2 unspecified atom stereocenters. The average Bonchev–Trinajstić information content (AvgIpc) is 2.95. The van der Waals surface area contributed by atoms with Crippen LogP contribution in [0.5, 0.6) is 0 Å². The number of hydrogen-bond donors (Lipinski definition) is 0. The van der Waals surface area contributed by atoms with E-state index < -0.39 is 0 Å². The van der Waals surface area contributed by atoms with Crippen molar-refractivity contribution >= 4 is 17.7 Å². The third kappa shape index (κ3) is 7.71. The van der Waals surface area contributed by atoms with Gasteiger partial charge in [0, 0.05) is 94.1 Å².